The molecular weight excluding hydrogens is 817 g/mol. The molecule has 0 saturated carbocycles. The molecular formula is C63H42N2S. The zero-order chi connectivity index (χ0) is 43.9. The van der Waals surface area contributed by atoms with Crippen LogP contribution in [0.5, 0.6) is 0 Å². The summed E-state index contributed by atoms with van der Waals surface area (Å²) < 4.78 is 2.64. The van der Waals surface area contributed by atoms with Gasteiger partial charge in [0.15, 0.2) is 5.82 Å². The first-order valence-corrected chi connectivity index (χ1v) is 23.5. The normalized spacial score (nSPS) is 12.8. The molecule has 1 aliphatic carbocycles. The van der Waals surface area contributed by atoms with Gasteiger partial charge in [0, 0.05) is 42.3 Å². The highest BCUT2D eigenvalue weighted by atomic mass is 32.1. The van der Waals surface area contributed by atoms with Gasteiger partial charge in [-0.05, 0) is 144 Å². The number of nitrogens with zero attached hydrogens (tertiary/aromatic N) is 2. The summed E-state index contributed by atoms with van der Waals surface area (Å²) in [4.78, 5) is 10.6. The lowest BCUT2D eigenvalue weighted by atomic mass is 9.81. The first kappa shape index (κ1) is 38.5. The van der Waals surface area contributed by atoms with Crippen LogP contribution < -0.4 is 0 Å². The topological polar surface area (TPSA) is 25.8 Å². The van der Waals surface area contributed by atoms with Crippen molar-refractivity contribution < 1.29 is 0 Å². The van der Waals surface area contributed by atoms with Gasteiger partial charge in [0.1, 0.15) is 0 Å². The van der Waals surface area contributed by atoms with Crippen LogP contribution >= 0.6 is 11.3 Å². The Morgan fingerprint density at radius 3 is 1.68 bits per heavy atom. The van der Waals surface area contributed by atoms with Crippen molar-refractivity contribution in [3.8, 4) is 78.4 Å². The van der Waals surface area contributed by atoms with Gasteiger partial charge in [-0.2, -0.15) is 0 Å². The van der Waals surface area contributed by atoms with E-state index in [9.17, 15) is 0 Å². The van der Waals surface area contributed by atoms with Gasteiger partial charge in [-0.3, -0.25) is 0 Å². The van der Waals surface area contributed by atoms with E-state index in [1.54, 1.807) is 0 Å². The summed E-state index contributed by atoms with van der Waals surface area (Å²) in [5.41, 5.74) is 17.3. The summed E-state index contributed by atoms with van der Waals surface area (Å²) in [5.74, 6) is 0.715. The number of benzene rings is 10. The van der Waals surface area contributed by atoms with Crippen molar-refractivity contribution in [3.05, 3.63) is 230 Å². The molecule has 310 valence electrons. The third kappa shape index (κ3) is 6.38. The van der Waals surface area contributed by atoms with Crippen molar-refractivity contribution in [2.75, 3.05) is 0 Å². The van der Waals surface area contributed by atoms with Crippen molar-refractivity contribution >= 4 is 53.1 Å². The van der Waals surface area contributed by atoms with Crippen LogP contribution in [0, 0.1) is 0 Å². The molecule has 2 heterocycles. The Balaban J connectivity index is 0.924. The van der Waals surface area contributed by atoms with E-state index < -0.39 is 0 Å². The molecule has 2 nitrogen and oxygen atoms in total. The Hall–Kier alpha value is -7.98. The number of thiophene rings is 1. The molecule has 0 saturated heterocycles. The quantitative estimate of drug-likeness (QED) is 0.166. The van der Waals surface area contributed by atoms with Gasteiger partial charge in [0.25, 0.3) is 0 Å². The first-order valence-electron chi connectivity index (χ1n) is 22.7. The summed E-state index contributed by atoms with van der Waals surface area (Å²) in [7, 11) is 0. The molecule has 12 aromatic rings. The van der Waals surface area contributed by atoms with Crippen molar-refractivity contribution in [1.82, 2.24) is 9.97 Å². The average molecular weight is 859 g/mol. The van der Waals surface area contributed by atoms with Crippen molar-refractivity contribution in [2.45, 2.75) is 19.3 Å². The average Bonchev–Trinajstić information content (AvgIpc) is 3.86. The molecule has 0 amide bonds. The molecule has 66 heavy (non-hydrogen) atoms. The number of hydrogen-bond donors (Lipinski definition) is 0. The van der Waals surface area contributed by atoms with Gasteiger partial charge in [0.2, 0.25) is 0 Å². The highest BCUT2D eigenvalue weighted by Crippen LogP contribution is 2.53. The lowest BCUT2D eigenvalue weighted by Crippen LogP contribution is -2.14. The Labute approximate surface area is 388 Å². The van der Waals surface area contributed by atoms with Crippen LogP contribution in [0.15, 0.2) is 218 Å². The number of aromatic nitrogens is 2. The maximum atomic E-state index is 5.34. The lowest BCUT2D eigenvalue weighted by molar-refractivity contribution is 0.661. The largest absolute Gasteiger partial charge is 0.228 e. The first-order chi connectivity index (χ1) is 32.4. The number of fused-ring (bicyclic) bond motifs is 8. The Morgan fingerprint density at radius 1 is 0.333 bits per heavy atom. The van der Waals surface area contributed by atoms with Crippen molar-refractivity contribution in [2.24, 2.45) is 0 Å². The Morgan fingerprint density at radius 2 is 0.909 bits per heavy atom. The van der Waals surface area contributed by atoms with Crippen LogP contribution in [0.3, 0.4) is 0 Å². The maximum Gasteiger partial charge on any atom is 0.160 e. The van der Waals surface area contributed by atoms with Gasteiger partial charge in [-0.1, -0.05) is 166 Å². The predicted molar refractivity (Wildman–Crippen MR) is 280 cm³/mol. The molecule has 0 radical (unpaired) electrons. The van der Waals surface area contributed by atoms with E-state index in [1.807, 2.05) is 17.4 Å². The minimum Gasteiger partial charge on any atom is -0.228 e. The third-order valence-corrected chi connectivity index (χ3v) is 15.0. The Kier molecular flexibility index (Phi) is 8.78. The monoisotopic (exact) mass is 858 g/mol. The fourth-order valence-corrected chi connectivity index (χ4v) is 11.5. The highest BCUT2D eigenvalue weighted by Gasteiger charge is 2.37. The summed E-state index contributed by atoms with van der Waals surface area (Å²) in [6, 6.07) is 79.8. The van der Waals surface area contributed by atoms with Crippen LogP contribution in [0.1, 0.15) is 25.0 Å². The lowest BCUT2D eigenvalue weighted by Gasteiger charge is -2.22. The molecule has 13 rings (SSSR count). The molecule has 10 aromatic carbocycles. The van der Waals surface area contributed by atoms with Crippen LogP contribution in [-0.2, 0) is 5.41 Å². The van der Waals surface area contributed by atoms with Crippen LogP contribution in [0.25, 0.3) is 120 Å². The number of hydrogen-bond acceptors (Lipinski definition) is 3. The second-order valence-electron chi connectivity index (χ2n) is 18.2. The molecule has 0 spiro atoms. The molecule has 1 aliphatic rings. The second-order valence-corrected chi connectivity index (χ2v) is 19.3. The van der Waals surface area contributed by atoms with Crippen LogP contribution in [0.2, 0.25) is 0 Å². The predicted octanol–water partition coefficient (Wildman–Crippen LogP) is 17.5. The third-order valence-electron chi connectivity index (χ3n) is 13.8. The second kappa shape index (κ2) is 15.1. The minimum atomic E-state index is -0.155. The van der Waals surface area contributed by atoms with Gasteiger partial charge < -0.3 is 0 Å². The van der Waals surface area contributed by atoms with E-state index in [1.165, 1.54) is 92.0 Å². The van der Waals surface area contributed by atoms with Crippen molar-refractivity contribution in [3.63, 3.8) is 0 Å². The molecule has 0 unspecified atom stereocenters. The fraction of sp³-hybridized carbons (Fsp3) is 0.0476. The van der Waals surface area contributed by atoms with Gasteiger partial charge in [-0.25, -0.2) is 9.97 Å². The molecule has 0 fully saturated rings. The summed E-state index contributed by atoms with van der Waals surface area (Å²) >= 11 is 1.86. The van der Waals surface area contributed by atoms with E-state index in [2.05, 4.69) is 226 Å². The number of rotatable bonds is 6. The van der Waals surface area contributed by atoms with Gasteiger partial charge in [-0.15, -0.1) is 11.3 Å². The highest BCUT2D eigenvalue weighted by molar-refractivity contribution is 7.25. The molecule has 0 N–H and O–H groups in total. The van der Waals surface area contributed by atoms with Crippen molar-refractivity contribution in [1.29, 1.82) is 0 Å². The molecule has 3 heteroatoms. The summed E-state index contributed by atoms with van der Waals surface area (Å²) in [6.45, 7) is 4.70. The summed E-state index contributed by atoms with van der Waals surface area (Å²) in [5, 5.41) is 7.48. The summed E-state index contributed by atoms with van der Waals surface area (Å²) in [6.07, 6.45) is 0. The zero-order valence-electron chi connectivity index (χ0n) is 36.6. The van der Waals surface area contributed by atoms with E-state index in [0.717, 1.165) is 33.5 Å². The molecule has 0 aliphatic heterocycles. The maximum absolute atomic E-state index is 5.34. The van der Waals surface area contributed by atoms with E-state index >= 15 is 0 Å². The SMILES string of the molecule is CC1(C)c2cc3ccccc3cc2-c2c(-c3cc(-c4ccc5cc(-c6cc(-c7ccccc7)cc(-c7ccc8sc9ccccc9c8c7)c6)ccc5c4)nc(-c4ccccc4)n3)cccc21. The molecule has 2 aromatic heterocycles. The van der Waals surface area contributed by atoms with E-state index in [-0.39, 0.29) is 5.41 Å². The zero-order valence-corrected chi connectivity index (χ0v) is 37.4. The van der Waals surface area contributed by atoms with Gasteiger partial charge >= 0.3 is 0 Å². The molecule has 0 bridgehead atoms. The van der Waals surface area contributed by atoms with E-state index in [4.69, 9.17) is 9.97 Å². The fourth-order valence-electron chi connectivity index (χ4n) is 10.4. The van der Waals surface area contributed by atoms with Crippen LogP contribution in [0.4, 0.5) is 0 Å². The van der Waals surface area contributed by atoms with Gasteiger partial charge in [0.05, 0.1) is 11.4 Å². The van der Waals surface area contributed by atoms with Crippen LogP contribution in [-0.4, -0.2) is 9.97 Å². The minimum absolute atomic E-state index is 0.155. The van der Waals surface area contributed by atoms with E-state index in [0.29, 0.717) is 5.82 Å². The smallest absolute Gasteiger partial charge is 0.160 e. The molecule has 0 atom stereocenters. The standard InChI is InChI=1S/C63H42N2S/c1-63(2)55-22-13-21-52(61(55)54-36-41-18-9-10-19-42(41)37-56(54)63)58-38-57(64-62(65-58)40-16-7-4-8-17-40)47-27-26-43-30-45(25-24-44(43)31-47)49-32-48(39-14-5-3-6-15-39)33-50(34-49)46-28-29-60-53(35-46)51-20-11-12-23-59(51)66-60/h3-38H,1-2H3. The Bertz CT molecular complexity index is 3900.